The molecule has 6 nitrogen and oxygen atoms in total. The van der Waals surface area contributed by atoms with Gasteiger partial charge in [-0.3, -0.25) is 9.59 Å². The number of Topliss-reactive ketones (excluding diaryl/α,β-unsaturated/α-hetero) is 1. The third-order valence-electron chi connectivity index (χ3n) is 5.92. The van der Waals surface area contributed by atoms with Crippen molar-refractivity contribution in [2.75, 3.05) is 0 Å². The van der Waals surface area contributed by atoms with Gasteiger partial charge in [-0.15, -0.1) is 0 Å². The summed E-state index contributed by atoms with van der Waals surface area (Å²) in [7, 11) is 0. The van der Waals surface area contributed by atoms with Gasteiger partial charge in [0, 0.05) is 24.3 Å². The highest BCUT2D eigenvalue weighted by atomic mass is 32.1. The van der Waals surface area contributed by atoms with E-state index in [-0.39, 0.29) is 35.2 Å². The molecule has 0 bridgehead atoms. The molecule has 1 N–H and O–H groups in total. The van der Waals surface area contributed by atoms with Crippen molar-refractivity contribution in [3.05, 3.63) is 51.2 Å². The first-order chi connectivity index (χ1) is 15.4. The molecular weight excluding hydrogens is 428 g/mol. The Labute approximate surface area is 190 Å². The van der Waals surface area contributed by atoms with Crippen LogP contribution in [-0.2, 0) is 14.3 Å². The van der Waals surface area contributed by atoms with Crippen molar-refractivity contribution in [1.82, 2.24) is 0 Å². The van der Waals surface area contributed by atoms with Crippen molar-refractivity contribution >= 4 is 35.1 Å². The van der Waals surface area contributed by atoms with E-state index in [1.807, 2.05) is 22.9 Å². The van der Waals surface area contributed by atoms with Gasteiger partial charge in [0.25, 0.3) is 0 Å². The van der Waals surface area contributed by atoms with Gasteiger partial charge in [-0.25, -0.2) is 4.79 Å². The number of fused-ring (bicyclic) bond motifs is 2. The van der Waals surface area contributed by atoms with Gasteiger partial charge in [-0.1, -0.05) is 12.2 Å². The fourth-order valence-electron chi connectivity index (χ4n) is 4.28. The zero-order valence-electron chi connectivity index (χ0n) is 18.0. The van der Waals surface area contributed by atoms with Crippen LogP contribution in [0.1, 0.15) is 84.8 Å². The SMILES string of the molecule is C[C@H]1CCCC(=O)CCCC=Cc2cc3c(c(O)c2C(=O)O1)C(c1ccsc1)CC(=O)O3. The summed E-state index contributed by atoms with van der Waals surface area (Å²) >= 11 is 1.50. The molecule has 0 fully saturated rings. The lowest BCUT2D eigenvalue weighted by Gasteiger charge is -2.27. The van der Waals surface area contributed by atoms with Crippen molar-refractivity contribution < 1.29 is 29.0 Å². The highest BCUT2D eigenvalue weighted by Gasteiger charge is 2.35. The molecule has 0 amide bonds. The van der Waals surface area contributed by atoms with Crippen LogP contribution in [0.25, 0.3) is 6.08 Å². The molecule has 1 aromatic heterocycles. The predicted molar refractivity (Wildman–Crippen MR) is 121 cm³/mol. The molecule has 2 aliphatic rings. The highest BCUT2D eigenvalue weighted by Crippen LogP contribution is 2.47. The zero-order valence-corrected chi connectivity index (χ0v) is 18.8. The van der Waals surface area contributed by atoms with Crippen LogP contribution in [0.2, 0.25) is 0 Å². The summed E-state index contributed by atoms with van der Waals surface area (Å²) < 4.78 is 11.1. The van der Waals surface area contributed by atoms with E-state index in [0.29, 0.717) is 43.2 Å². The molecule has 7 heteroatoms. The van der Waals surface area contributed by atoms with Crippen molar-refractivity contribution in [2.45, 2.75) is 63.9 Å². The Kier molecular flexibility index (Phi) is 6.74. The molecule has 1 unspecified atom stereocenters. The largest absolute Gasteiger partial charge is 0.507 e. The Hall–Kier alpha value is -2.93. The first kappa shape index (κ1) is 22.3. The fraction of sp³-hybridized carbons (Fsp3) is 0.400. The second-order valence-corrected chi connectivity index (χ2v) is 9.11. The number of hydrogen-bond donors (Lipinski definition) is 1. The summed E-state index contributed by atoms with van der Waals surface area (Å²) in [5, 5.41) is 15.1. The zero-order chi connectivity index (χ0) is 22.7. The van der Waals surface area contributed by atoms with E-state index in [4.69, 9.17) is 9.47 Å². The molecule has 1 aromatic carbocycles. The number of ether oxygens (including phenoxy) is 2. The summed E-state index contributed by atoms with van der Waals surface area (Å²) in [5.74, 6) is -1.13. The van der Waals surface area contributed by atoms with Gasteiger partial charge in [-0.2, -0.15) is 11.3 Å². The Morgan fingerprint density at radius 1 is 1.16 bits per heavy atom. The number of hydrogen-bond acceptors (Lipinski definition) is 7. The summed E-state index contributed by atoms with van der Waals surface area (Å²) in [4.78, 5) is 37.4. The van der Waals surface area contributed by atoms with Crippen molar-refractivity contribution in [3.63, 3.8) is 0 Å². The third kappa shape index (κ3) is 4.78. The molecular formula is C25H26O6S. The second-order valence-electron chi connectivity index (χ2n) is 8.33. The number of cyclic esters (lactones) is 1. The Morgan fingerprint density at radius 2 is 1.97 bits per heavy atom. The van der Waals surface area contributed by atoms with E-state index in [1.54, 1.807) is 19.1 Å². The molecule has 2 aliphatic heterocycles. The molecule has 32 heavy (non-hydrogen) atoms. The molecule has 0 saturated heterocycles. The lowest BCUT2D eigenvalue weighted by atomic mass is 9.84. The predicted octanol–water partition coefficient (Wildman–Crippen LogP) is 5.38. The molecule has 0 spiro atoms. The minimum absolute atomic E-state index is 0.0816. The molecule has 0 radical (unpaired) electrons. The summed E-state index contributed by atoms with van der Waals surface area (Å²) in [6.45, 7) is 1.79. The van der Waals surface area contributed by atoms with Gasteiger partial charge in [0.05, 0.1) is 12.5 Å². The van der Waals surface area contributed by atoms with E-state index in [2.05, 4.69) is 0 Å². The quantitative estimate of drug-likeness (QED) is 0.460. The number of rotatable bonds is 1. The van der Waals surface area contributed by atoms with Crippen LogP contribution in [0.4, 0.5) is 0 Å². The minimum atomic E-state index is -0.623. The smallest absolute Gasteiger partial charge is 0.342 e. The fourth-order valence-corrected chi connectivity index (χ4v) is 4.99. The molecule has 2 atom stereocenters. The van der Waals surface area contributed by atoms with Crippen LogP contribution < -0.4 is 4.74 Å². The van der Waals surface area contributed by atoms with Crippen molar-refractivity contribution in [3.8, 4) is 11.5 Å². The summed E-state index contributed by atoms with van der Waals surface area (Å²) in [6, 6.07) is 3.53. The van der Waals surface area contributed by atoms with Crippen LogP contribution in [-0.4, -0.2) is 28.9 Å². The monoisotopic (exact) mass is 454 g/mol. The average Bonchev–Trinajstić information content (AvgIpc) is 3.27. The summed E-state index contributed by atoms with van der Waals surface area (Å²) in [6.07, 6.45) is 6.88. The molecule has 0 saturated carbocycles. The number of carbonyl (C=O) groups excluding carboxylic acids is 3. The first-order valence-corrected chi connectivity index (χ1v) is 11.9. The van der Waals surface area contributed by atoms with Gasteiger partial charge in [-0.05, 0) is 66.6 Å². The average molecular weight is 455 g/mol. The van der Waals surface area contributed by atoms with Gasteiger partial charge in [0.15, 0.2) is 0 Å². The maximum atomic E-state index is 13.1. The number of ketones is 1. The lowest BCUT2D eigenvalue weighted by molar-refractivity contribution is -0.135. The Bertz CT molecular complexity index is 1050. The standard InChI is InChI=1S/C25H26O6S/c1-15-6-5-9-18(26)8-4-2-3-7-16-12-20-23(24(28)22(16)25(29)30-15)19(13-21(27)31-20)17-10-11-32-14-17/h3,7,10-12,14-15,19,28H,2,4-6,8-9,13H2,1H3/t15-,19?/m0/s1. The van der Waals surface area contributed by atoms with Crippen LogP contribution in [0.5, 0.6) is 11.5 Å². The van der Waals surface area contributed by atoms with Crippen LogP contribution in [0, 0.1) is 0 Å². The molecule has 4 rings (SSSR count). The number of carbonyl (C=O) groups is 3. The second kappa shape index (κ2) is 9.69. The van der Waals surface area contributed by atoms with E-state index in [1.165, 1.54) is 11.3 Å². The lowest BCUT2D eigenvalue weighted by Crippen LogP contribution is -2.23. The van der Waals surface area contributed by atoms with Crippen molar-refractivity contribution in [2.24, 2.45) is 0 Å². The number of phenols is 1. The van der Waals surface area contributed by atoms with E-state index >= 15 is 0 Å². The van der Waals surface area contributed by atoms with Gasteiger partial charge in [0.2, 0.25) is 0 Å². The van der Waals surface area contributed by atoms with Crippen molar-refractivity contribution in [1.29, 1.82) is 0 Å². The number of aromatic hydroxyl groups is 1. The molecule has 168 valence electrons. The molecule has 3 heterocycles. The number of phenolic OH excluding ortho intramolecular Hbond substituents is 1. The Balaban J connectivity index is 1.79. The van der Waals surface area contributed by atoms with E-state index in [0.717, 1.165) is 12.0 Å². The van der Waals surface area contributed by atoms with Crippen LogP contribution >= 0.6 is 11.3 Å². The van der Waals surface area contributed by atoms with Crippen LogP contribution in [0.3, 0.4) is 0 Å². The number of thiophene rings is 1. The van der Waals surface area contributed by atoms with Crippen LogP contribution in [0.15, 0.2) is 29.0 Å². The number of benzene rings is 1. The topological polar surface area (TPSA) is 89.9 Å². The maximum absolute atomic E-state index is 13.1. The van der Waals surface area contributed by atoms with E-state index < -0.39 is 18.0 Å². The molecule has 0 aliphatic carbocycles. The Morgan fingerprint density at radius 3 is 2.75 bits per heavy atom. The highest BCUT2D eigenvalue weighted by molar-refractivity contribution is 7.08. The number of allylic oxidation sites excluding steroid dienone is 1. The van der Waals surface area contributed by atoms with Gasteiger partial charge < -0.3 is 14.6 Å². The van der Waals surface area contributed by atoms with E-state index in [9.17, 15) is 19.5 Å². The maximum Gasteiger partial charge on any atom is 0.342 e. The first-order valence-electron chi connectivity index (χ1n) is 11.0. The molecule has 2 aromatic rings. The van der Waals surface area contributed by atoms with Gasteiger partial charge >= 0.3 is 11.9 Å². The third-order valence-corrected chi connectivity index (χ3v) is 6.63. The number of esters is 2. The normalized spacial score (nSPS) is 22.3. The summed E-state index contributed by atoms with van der Waals surface area (Å²) in [5.41, 5.74) is 1.84. The van der Waals surface area contributed by atoms with Gasteiger partial charge in [0.1, 0.15) is 22.8 Å². The minimum Gasteiger partial charge on any atom is -0.507 e.